The van der Waals surface area contributed by atoms with E-state index in [2.05, 4.69) is 10.3 Å². The van der Waals surface area contributed by atoms with Gasteiger partial charge in [-0.25, -0.2) is 8.42 Å². The van der Waals surface area contributed by atoms with Crippen LogP contribution in [0.2, 0.25) is 0 Å². The van der Waals surface area contributed by atoms with Crippen LogP contribution in [-0.4, -0.2) is 57.7 Å². The van der Waals surface area contributed by atoms with Crippen LogP contribution in [0.5, 0.6) is 0 Å². The van der Waals surface area contributed by atoms with Crippen LogP contribution in [0, 0.1) is 0 Å². The number of sulfone groups is 1. The number of aliphatic imine (C=N–C) groups is 1. The third-order valence-electron chi connectivity index (χ3n) is 2.35. The zero-order chi connectivity index (χ0) is 12.7. The molecule has 1 fully saturated rings. The van der Waals surface area contributed by atoms with E-state index in [0.717, 1.165) is 23.9 Å². The summed E-state index contributed by atoms with van der Waals surface area (Å²) in [6.45, 7) is 1.32. The summed E-state index contributed by atoms with van der Waals surface area (Å²) in [6, 6.07) is 0.425. The number of nitrogens with one attached hydrogen (secondary N) is 1. The highest BCUT2D eigenvalue weighted by Gasteiger charge is 2.19. The Morgan fingerprint density at radius 2 is 2.35 bits per heavy atom. The van der Waals surface area contributed by atoms with Gasteiger partial charge in [0.1, 0.15) is 9.84 Å². The molecule has 0 saturated carbocycles. The summed E-state index contributed by atoms with van der Waals surface area (Å²) >= 11 is 1.69. The lowest BCUT2D eigenvalue weighted by Crippen LogP contribution is -2.28. The van der Waals surface area contributed by atoms with Crippen LogP contribution in [-0.2, 0) is 14.6 Å². The summed E-state index contributed by atoms with van der Waals surface area (Å²) in [4.78, 5) is 4.35. The van der Waals surface area contributed by atoms with E-state index in [9.17, 15) is 8.42 Å². The molecule has 1 atom stereocenters. The minimum absolute atomic E-state index is 0.210. The number of ether oxygens (including phenoxy) is 1. The van der Waals surface area contributed by atoms with Gasteiger partial charge in [0.25, 0.3) is 0 Å². The second kappa shape index (κ2) is 7.23. The minimum atomic E-state index is -2.86. The van der Waals surface area contributed by atoms with Crippen LogP contribution in [0.4, 0.5) is 0 Å². The number of amidine groups is 1. The van der Waals surface area contributed by atoms with E-state index in [4.69, 9.17) is 4.74 Å². The van der Waals surface area contributed by atoms with Gasteiger partial charge in [0.05, 0.1) is 5.75 Å². The average molecular weight is 280 g/mol. The van der Waals surface area contributed by atoms with E-state index in [-0.39, 0.29) is 5.75 Å². The van der Waals surface area contributed by atoms with Crippen LogP contribution in [0.25, 0.3) is 0 Å². The van der Waals surface area contributed by atoms with E-state index in [0.29, 0.717) is 19.0 Å². The Morgan fingerprint density at radius 1 is 1.59 bits per heavy atom. The Balaban J connectivity index is 2.19. The van der Waals surface area contributed by atoms with Crippen molar-refractivity contribution in [3.63, 3.8) is 0 Å². The Hall–Kier alpha value is -0.270. The van der Waals surface area contributed by atoms with Gasteiger partial charge in [0.2, 0.25) is 0 Å². The summed E-state index contributed by atoms with van der Waals surface area (Å²) in [6.07, 6.45) is 2.82. The topological polar surface area (TPSA) is 67.8 Å². The molecule has 1 rings (SSSR count). The Labute approximate surface area is 107 Å². The zero-order valence-corrected chi connectivity index (χ0v) is 11.9. The van der Waals surface area contributed by atoms with Crippen LogP contribution in [0.1, 0.15) is 12.8 Å². The monoisotopic (exact) mass is 280 g/mol. The molecule has 1 saturated heterocycles. The van der Waals surface area contributed by atoms with Crippen LogP contribution in [0.3, 0.4) is 0 Å². The maximum Gasteiger partial charge on any atom is 0.156 e. The molecule has 0 spiro atoms. The highest BCUT2D eigenvalue weighted by molar-refractivity contribution is 8.14. The minimum Gasteiger partial charge on any atom is -0.385 e. The van der Waals surface area contributed by atoms with Crippen molar-refractivity contribution in [2.24, 2.45) is 4.99 Å². The first-order valence-electron chi connectivity index (χ1n) is 5.61. The van der Waals surface area contributed by atoms with Gasteiger partial charge in [0, 0.05) is 38.3 Å². The van der Waals surface area contributed by atoms with Gasteiger partial charge in [-0.2, -0.15) is 0 Å². The summed E-state index contributed by atoms with van der Waals surface area (Å²) in [5.41, 5.74) is 0. The summed E-state index contributed by atoms with van der Waals surface area (Å²) in [5.74, 6) is 1.22. The number of rotatable bonds is 7. The molecule has 1 aliphatic rings. The number of thioether (sulfide) groups is 1. The molecule has 0 aliphatic carbocycles. The molecule has 1 N–H and O–H groups in total. The van der Waals surface area contributed by atoms with Crippen molar-refractivity contribution in [2.75, 3.05) is 38.0 Å². The van der Waals surface area contributed by atoms with Crippen molar-refractivity contribution in [1.82, 2.24) is 5.32 Å². The standard InChI is InChI=1S/C10H20N2O3S2/c1-15-6-4-9-8-16-10(12-9)11-5-3-7-17(2,13)14/h9H,3-8H2,1-2H3,(H,11,12). The number of hydrogen-bond donors (Lipinski definition) is 1. The predicted molar refractivity (Wildman–Crippen MR) is 72.5 cm³/mol. The maximum atomic E-state index is 10.9. The van der Waals surface area contributed by atoms with E-state index in [1.165, 1.54) is 6.26 Å². The molecule has 1 aliphatic heterocycles. The van der Waals surface area contributed by atoms with Crippen LogP contribution in [0.15, 0.2) is 4.99 Å². The molecule has 0 amide bonds. The van der Waals surface area contributed by atoms with Gasteiger partial charge in [-0.05, 0) is 12.8 Å². The van der Waals surface area contributed by atoms with Crippen molar-refractivity contribution < 1.29 is 13.2 Å². The lowest BCUT2D eigenvalue weighted by Gasteiger charge is -2.08. The van der Waals surface area contributed by atoms with Crippen LogP contribution < -0.4 is 5.32 Å². The molecular formula is C10H20N2O3S2. The normalized spacial score (nSPS) is 22.9. The van der Waals surface area contributed by atoms with Crippen molar-refractivity contribution in [2.45, 2.75) is 18.9 Å². The van der Waals surface area contributed by atoms with Crippen LogP contribution >= 0.6 is 11.8 Å². The zero-order valence-electron chi connectivity index (χ0n) is 10.3. The van der Waals surface area contributed by atoms with Gasteiger partial charge in [-0.3, -0.25) is 4.99 Å². The van der Waals surface area contributed by atoms with Crippen molar-refractivity contribution >= 4 is 26.8 Å². The Morgan fingerprint density at radius 3 is 3.00 bits per heavy atom. The van der Waals surface area contributed by atoms with Crippen molar-refractivity contribution in [3.05, 3.63) is 0 Å². The van der Waals surface area contributed by atoms with Gasteiger partial charge in [-0.15, -0.1) is 0 Å². The van der Waals surface area contributed by atoms with Crippen molar-refractivity contribution in [1.29, 1.82) is 0 Å². The van der Waals surface area contributed by atoms with E-state index in [1.807, 2.05) is 0 Å². The fourth-order valence-corrected chi connectivity index (χ4v) is 3.15. The first kappa shape index (κ1) is 14.8. The van der Waals surface area contributed by atoms with E-state index in [1.54, 1.807) is 18.9 Å². The van der Waals surface area contributed by atoms with Crippen molar-refractivity contribution in [3.8, 4) is 0 Å². The van der Waals surface area contributed by atoms with E-state index >= 15 is 0 Å². The molecule has 0 aromatic heterocycles. The summed E-state index contributed by atoms with van der Waals surface area (Å²) in [7, 11) is -1.16. The maximum absolute atomic E-state index is 10.9. The molecule has 7 heteroatoms. The highest BCUT2D eigenvalue weighted by Crippen LogP contribution is 2.15. The average Bonchev–Trinajstić information content (AvgIpc) is 2.68. The predicted octanol–water partition coefficient (Wildman–Crippen LogP) is 0.519. The lowest BCUT2D eigenvalue weighted by molar-refractivity contribution is 0.188. The molecule has 17 heavy (non-hydrogen) atoms. The molecule has 5 nitrogen and oxygen atoms in total. The lowest BCUT2D eigenvalue weighted by atomic mass is 10.2. The quantitative estimate of drug-likeness (QED) is 0.689. The smallest absolute Gasteiger partial charge is 0.156 e. The molecular weight excluding hydrogens is 260 g/mol. The largest absolute Gasteiger partial charge is 0.385 e. The summed E-state index contributed by atoms with van der Waals surface area (Å²) < 4.78 is 26.8. The second-order valence-electron chi connectivity index (χ2n) is 4.10. The highest BCUT2D eigenvalue weighted by atomic mass is 32.2. The number of nitrogens with zero attached hydrogens (tertiary/aromatic N) is 1. The molecule has 0 aromatic rings. The molecule has 0 aromatic carbocycles. The van der Waals surface area contributed by atoms with Gasteiger partial charge in [-0.1, -0.05) is 11.8 Å². The van der Waals surface area contributed by atoms with Gasteiger partial charge in [0.15, 0.2) is 5.17 Å². The number of hydrogen-bond acceptors (Lipinski definition) is 5. The third-order valence-corrected chi connectivity index (χ3v) is 4.47. The summed E-state index contributed by atoms with van der Waals surface area (Å²) in [5, 5.41) is 4.24. The third kappa shape index (κ3) is 6.90. The Kier molecular flexibility index (Phi) is 6.29. The molecule has 1 unspecified atom stereocenters. The Bertz CT molecular complexity index is 355. The fourth-order valence-electron chi connectivity index (χ4n) is 1.45. The molecule has 1 heterocycles. The molecule has 0 bridgehead atoms. The molecule has 100 valence electrons. The van der Waals surface area contributed by atoms with Gasteiger partial charge >= 0.3 is 0 Å². The first-order valence-corrected chi connectivity index (χ1v) is 8.66. The van der Waals surface area contributed by atoms with E-state index < -0.39 is 9.84 Å². The first-order chi connectivity index (χ1) is 8.01. The number of methoxy groups -OCH3 is 1. The molecule has 0 radical (unpaired) electrons. The second-order valence-corrected chi connectivity index (χ2v) is 7.37. The SMILES string of the molecule is COCCC1CSC(=NCCCS(C)(=O)=O)N1. The fraction of sp³-hybridized carbons (Fsp3) is 0.900. The van der Waals surface area contributed by atoms with Gasteiger partial charge < -0.3 is 10.1 Å².